The van der Waals surface area contributed by atoms with Gasteiger partial charge in [0, 0.05) is 17.0 Å². The Bertz CT molecular complexity index is 901. The van der Waals surface area contributed by atoms with Crippen molar-refractivity contribution in [3.05, 3.63) is 47.2 Å². The van der Waals surface area contributed by atoms with Crippen LogP contribution >= 0.6 is 0 Å². The van der Waals surface area contributed by atoms with E-state index in [1.807, 2.05) is 32.0 Å². The molecule has 0 atom stereocenters. The lowest BCUT2D eigenvalue weighted by Crippen LogP contribution is -2.50. The Morgan fingerprint density at radius 2 is 1.79 bits per heavy atom. The molecule has 4 fully saturated rings. The number of esters is 1. The van der Waals surface area contributed by atoms with Crippen LogP contribution in [0.3, 0.4) is 0 Å². The molecule has 5 heteroatoms. The van der Waals surface area contributed by atoms with E-state index in [9.17, 15) is 9.59 Å². The average Bonchev–Trinajstić information content (AvgIpc) is 3.28. The van der Waals surface area contributed by atoms with Crippen molar-refractivity contribution in [3.63, 3.8) is 0 Å². The van der Waals surface area contributed by atoms with Gasteiger partial charge in [-0.15, -0.1) is 0 Å². The minimum absolute atomic E-state index is 0.123. The fourth-order valence-electron chi connectivity index (χ4n) is 6.61. The van der Waals surface area contributed by atoms with Gasteiger partial charge in [-0.05, 0) is 88.3 Å². The maximum atomic E-state index is 13.0. The first-order valence-electron chi connectivity index (χ1n) is 10.8. The second-order valence-electron chi connectivity index (χ2n) is 9.65. The van der Waals surface area contributed by atoms with E-state index >= 15 is 0 Å². The normalized spacial score (nSPS) is 29.9. The molecule has 0 unspecified atom stereocenters. The Morgan fingerprint density at radius 1 is 1.14 bits per heavy atom. The van der Waals surface area contributed by atoms with Crippen LogP contribution in [0.4, 0.5) is 0 Å². The molecular weight excluding hydrogens is 366 g/mol. The molecule has 4 bridgehead atoms. The van der Waals surface area contributed by atoms with Gasteiger partial charge >= 0.3 is 5.97 Å². The third kappa shape index (κ3) is 3.24. The molecule has 0 amide bonds. The predicted molar refractivity (Wildman–Crippen MR) is 108 cm³/mol. The molecule has 4 saturated carbocycles. The van der Waals surface area contributed by atoms with Gasteiger partial charge in [-0.2, -0.15) is 0 Å². The number of hydrogen-bond acceptors (Lipinski definition) is 4. The average molecular weight is 395 g/mol. The highest BCUT2D eigenvalue weighted by Gasteiger charge is 2.55. The van der Waals surface area contributed by atoms with Gasteiger partial charge in [0.25, 0.3) is 0 Å². The molecule has 0 aliphatic heterocycles. The number of rotatable bonds is 6. The highest BCUT2D eigenvalue weighted by Crippen LogP contribution is 2.60. The number of nitrogens with zero attached hydrogens (tertiary/aromatic N) is 1. The summed E-state index contributed by atoms with van der Waals surface area (Å²) in [4.78, 5) is 25.9. The molecule has 0 radical (unpaired) electrons. The summed E-state index contributed by atoms with van der Waals surface area (Å²) in [5.41, 5.74) is 2.20. The fraction of sp³-hybridized carbons (Fsp3) is 0.583. The summed E-state index contributed by atoms with van der Waals surface area (Å²) in [6.45, 7) is 4.34. The predicted octanol–water partition coefficient (Wildman–Crippen LogP) is 4.69. The molecule has 0 N–H and O–H groups in total. The van der Waals surface area contributed by atoms with Gasteiger partial charge in [0.05, 0.1) is 18.2 Å². The molecule has 0 saturated heterocycles. The molecule has 29 heavy (non-hydrogen) atoms. The molecule has 4 aliphatic rings. The van der Waals surface area contributed by atoms with Gasteiger partial charge in [-0.3, -0.25) is 9.59 Å². The fourth-order valence-corrected chi connectivity index (χ4v) is 6.61. The Morgan fingerprint density at radius 3 is 2.38 bits per heavy atom. The van der Waals surface area contributed by atoms with Crippen LogP contribution in [0.1, 0.15) is 66.0 Å². The van der Waals surface area contributed by atoms with Crippen LogP contribution < -0.4 is 0 Å². The summed E-state index contributed by atoms with van der Waals surface area (Å²) in [7, 11) is 0. The van der Waals surface area contributed by atoms with E-state index in [1.54, 1.807) is 6.26 Å². The third-order valence-electron chi connectivity index (χ3n) is 7.57. The van der Waals surface area contributed by atoms with Crippen molar-refractivity contribution < 1.29 is 18.7 Å². The van der Waals surface area contributed by atoms with Crippen molar-refractivity contribution in [1.82, 2.24) is 4.57 Å². The third-order valence-corrected chi connectivity index (χ3v) is 7.57. The molecule has 2 aromatic heterocycles. The van der Waals surface area contributed by atoms with Crippen molar-refractivity contribution in [3.8, 4) is 0 Å². The van der Waals surface area contributed by atoms with Gasteiger partial charge < -0.3 is 13.7 Å². The number of ether oxygens (including phenoxy) is 1. The molecule has 0 aromatic carbocycles. The smallest absolute Gasteiger partial charge is 0.312 e. The van der Waals surface area contributed by atoms with Gasteiger partial charge in [-0.25, -0.2) is 0 Å². The molecule has 2 aromatic rings. The Balaban J connectivity index is 1.26. The Hall–Kier alpha value is -2.30. The highest BCUT2D eigenvalue weighted by atomic mass is 16.5. The zero-order valence-corrected chi connectivity index (χ0v) is 17.3. The Labute approximate surface area is 171 Å². The van der Waals surface area contributed by atoms with E-state index in [-0.39, 0.29) is 23.8 Å². The number of aromatic nitrogens is 1. The summed E-state index contributed by atoms with van der Waals surface area (Å²) in [6.07, 6.45) is 8.39. The molecule has 0 spiro atoms. The van der Waals surface area contributed by atoms with Crippen LogP contribution in [0.25, 0.3) is 0 Å². The summed E-state index contributed by atoms with van der Waals surface area (Å²) in [5, 5.41) is 0. The van der Waals surface area contributed by atoms with E-state index in [0.29, 0.717) is 29.9 Å². The van der Waals surface area contributed by atoms with E-state index in [0.717, 1.165) is 36.4 Å². The zero-order chi connectivity index (χ0) is 20.2. The lowest BCUT2D eigenvalue weighted by molar-refractivity contribution is -0.170. The molecular formula is C24H29NO4. The maximum absolute atomic E-state index is 13.0. The first-order valence-corrected chi connectivity index (χ1v) is 10.8. The first kappa shape index (κ1) is 18.7. The minimum Gasteiger partial charge on any atom is -0.467 e. The first-order chi connectivity index (χ1) is 13.9. The monoisotopic (exact) mass is 395 g/mol. The van der Waals surface area contributed by atoms with Crippen LogP contribution in [0.2, 0.25) is 0 Å². The summed E-state index contributed by atoms with van der Waals surface area (Å²) < 4.78 is 13.1. The number of furan rings is 1. The Kier molecular flexibility index (Phi) is 4.45. The second kappa shape index (κ2) is 6.89. The zero-order valence-electron chi connectivity index (χ0n) is 17.3. The van der Waals surface area contributed by atoms with Crippen LogP contribution in [0.15, 0.2) is 28.9 Å². The molecule has 154 valence electrons. The number of ketones is 1. The molecule has 6 rings (SSSR count). The number of carbonyl (C=O) groups is 2. The SMILES string of the molecule is Cc1cc(C(=O)COC(=O)C23CC4CC(CC(C4)C2)C3)c(C)n1Cc1ccco1. The van der Waals surface area contributed by atoms with Gasteiger partial charge in [0.15, 0.2) is 6.61 Å². The van der Waals surface area contributed by atoms with Crippen molar-refractivity contribution in [1.29, 1.82) is 0 Å². The van der Waals surface area contributed by atoms with Crippen molar-refractivity contribution in [2.24, 2.45) is 23.2 Å². The lowest BCUT2D eigenvalue weighted by Gasteiger charge is -2.55. The number of hydrogen-bond donors (Lipinski definition) is 0. The number of carbonyl (C=O) groups excluding carboxylic acids is 2. The topological polar surface area (TPSA) is 61.4 Å². The van der Waals surface area contributed by atoms with Crippen LogP contribution in [0.5, 0.6) is 0 Å². The van der Waals surface area contributed by atoms with E-state index in [2.05, 4.69) is 4.57 Å². The van der Waals surface area contributed by atoms with Gasteiger partial charge in [-0.1, -0.05) is 0 Å². The molecule has 4 aliphatic carbocycles. The summed E-state index contributed by atoms with van der Waals surface area (Å²) in [6, 6.07) is 5.67. The van der Waals surface area contributed by atoms with Crippen LogP contribution in [0, 0.1) is 37.0 Å². The lowest BCUT2D eigenvalue weighted by atomic mass is 9.49. The second-order valence-corrected chi connectivity index (χ2v) is 9.65. The molecule has 5 nitrogen and oxygen atoms in total. The largest absolute Gasteiger partial charge is 0.467 e. The minimum atomic E-state index is -0.314. The highest BCUT2D eigenvalue weighted by molar-refractivity contribution is 5.99. The van der Waals surface area contributed by atoms with Gasteiger partial charge in [0.1, 0.15) is 5.76 Å². The van der Waals surface area contributed by atoms with E-state index < -0.39 is 0 Å². The van der Waals surface area contributed by atoms with Gasteiger partial charge in [0.2, 0.25) is 5.78 Å². The quantitative estimate of drug-likeness (QED) is 0.526. The number of Topliss-reactive ketones (excluding diaryl/α,β-unsaturated/α-hetero) is 1. The maximum Gasteiger partial charge on any atom is 0.312 e. The van der Waals surface area contributed by atoms with Crippen molar-refractivity contribution in [2.75, 3.05) is 6.61 Å². The van der Waals surface area contributed by atoms with Crippen molar-refractivity contribution >= 4 is 11.8 Å². The van der Waals surface area contributed by atoms with E-state index in [1.165, 1.54) is 19.3 Å². The van der Waals surface area contributed by atoms with Crippen LogP contribution in [-0.4, -0.2) is 22.9 Å². The number of aryl methyl sites for hydroxylation is 1. The van der Waals surface area contributed by atoms with E-state index in [4.69, 9.17) is 9.15 Å². The van der Waals surface area contributed by atoms with Crippen LogP contribution in [-0.2, 0) is 16.1 Å². The summed E-state index contributed by atoms with van der Waals surface area (Å²) >= 11 is 0. The summed E-state index contributed by atoms with van der Waals surface area (Å²) in [5.74, 6) is 2.65. The van der Waals surface area contributed by atoms with Crippen molar-refractivity contribution in [2.45, 2.75) is 58.9 Å². The molecule has 2 heterocycles. The standard InChI is InChI=1S/C24H29NO4/c1-15-6-21(16(2)25(15)13-20-4-3-5-28-20)22(26)14-29-23(27)24-10-17-7-18(11-24)9-19(8-17)12-24/h3-6,17-19H,7-14H2,1-2H3.